The molecule has 1 aliphatic rings. The van der Waals surface area contributed by atoms with Crippen LogP contribution in [0.4, 0.5) is 4.39 Å². The molecule has 0 saturated heterocycles. The van der Waals surface area contributed by atoms with E-state index in [2.05, 4.69) is 4.98 Å². The summed E-state index contributed by atoms with van der Waals surface area (Å²) >= 11 is 0. The molecule has 1 aliphatic heterocycles. The van der Waals surface area contributed by atoms with E-state index < -0.39 is 11.8 Å². The molecule has 1 aromatic heterocycles. The Bertz CT molecular complexity index is 1220. The first-order valence-corrected chi connectivity index (χ1v) is 7.70. The number of nitrogens with zero attached hydrogens (tertiary/aromatic N) is 1. The summed E-state index contributed by atoms with van der Waals surface area (Å²) in [7, 11) is 0. The highest BCUT2D eigenvalue weighted by Crippen LogP contribution is 2.46. The molecule has 0 bridgehead atoms. The normalized spacial score (nSPS) is 12.0. The number of benzene rings is 3. The molecule has 5 rings (SSSR count). The number of aromatic carboxylic acids is 1. The summed E-state index contributed by atoms with van der Waals surface area (Å²) in [6.45, 7) is 0. The number of para-hydroxylation sites is 1. The molecule has 0 amide bonds. The zero-order valence-electron chi connectivity index (χ0n) is 12.8. The van der Waals surface area contributed by atoms with Gasteiger partial charge in [0.05, 0.1) is 22.2 Å². The van der Waals surface area contributed by atoms with Crippen molar-refractivity contribution in [3.8, 4) is 22.8 Å². The molecule has 0 aliphatic carbocycles. The van der Waals surface area contributed by atoms with Gasteiger partial charge in [0.2, 0.25) is 0 Å². The Balaban J connectivity index is 1.99. The van der Waals surface area contributed by atoms with Crippen molar-refractivity contribution in [3.63, 3.8) is 0 Å². The fourth-order valence-electron chi connectivity index (χ4n) is 3.36. The van der Waals surface area contributed by atoms with E-state index in [0.717, 1.165) is 16.3 Å². The van der Waals surface area contributed by atoms with Gasteiger partial charge in [-0.3, -0.25) is 0 Å². The quantitative estimate of drug-likeness (QED) is 0.439. The van der Waals surface area contributed by atoms with Gasteiger partial charge in [-0.25, -0.2) is 14.2 Å². The van der Waals surface area contributed by atoms with Crippen LogP contribution in [0.25, 0.3) is 32.9 Å². The predicted octanol–water partition coefficient (Wildman–Crippen LogP) is 5.00. The van der Waals surface area contributed by atoms with Gasteiger partial charge in [-0.1, -0.05) is 24.3 Å². The second kappa shape index (κ2) is 4.77. The minimum atomic E-state index is -1.31. The maximum atomic E-state index is 14.2. The van der Waals surface area contributed by atoms with Crippen molar-refractivity contribution < 1.29 is 19.0 Å². The molecule has 1 N–H and O–H groups in total. The number of fused-ring (bicyclic) bond motifs is 4. The molecule has 0 fully saturated rings. The number of carbonyl (C=O) groups is 1. The summed E-state index contributed by atoms with van der Waals surface area (Å²) < 4.78 is 20.2. The largest absolute Gasteiger partial charge is 0.478 e. The lowest BCUT2D eigenvalue weighted by atomic mass is 9.96. The van der Waals surface area contributed by atoms with Crippen LogP contribution in [-0.4, -0.2) is 16.1 Å². The van der Waals surface area contributed by atoms with Gasteiger partial charge < -0.3 is 9.84 Å². The van der Waals surface area contributed by atoms with Gasteiger partial charge in [0.1, 0.15) is 17.3 Å². The van der Waals surface area contributed by atoms with E-state index in [1.165, 1.54) is 12.1 Å². The van der Waals surface area contributed by atoms with Crippen LogP contribution in [0.3, 0.4) is 0 Å². The minimum absolute atomic E-state index is 0.386. The Morgan fingerprint density at radius 3 is 2.64 bits per heavy atom. The smallest absolute Gasteiger partial charge is 0.338 e. The molecular weight excluding hydrogens is 321 g/mol. The summed E-state index contributed by atoms with van der Waals surface area (Å²) in [6, 6.07) is 15.6. The van der Waals surface area contributed by atoms with E-state index in [1.54, 1.807) is 0 Å². The van der Waals surface area contributed by atoms with Gasteiger partial charge in [0.15, 0.2) is 0 Å². The van der Waals surface area contributed by atoms with Crippen LogP contribution >= 0.6 is 0 Å². The third kappa shape index (κ3) is 1.86. The highest BCUT2D eigenvalue weighted by molar-refractivity contribution is 6.15. The highest BCUT2D eigenvalue weighted by atomic mass is 19.1. The van der Waals surface area contributed by atoms with Crippen molar-refractivity contribution >= 4 is 27.6 Å². The van der Waals surface area contributed by atoms with Crippen LogP contribution in [0.5, 0.6) is 11.5 Å². The molecule has 0 unspecified atom stereocenters. The van der Waals surface area contributed by atoms with Crippen molar-refractivity contribution in [2.75, 3.05) is 0 Å². The fraction of sp³-hybridized carbons (Fsp3) is 0. The molecule has 0 spiro atoms. The van der Waals surface area contributed by atoms with Crippen LogP contribution in [0.15, 0.2) is 54.6 Å². The van der Waals surface area contributed by atoms with E-state index in [9.17, 15) is 14.3 Å². The average Bonchev–Trinajstić information content (AvgIpc) is 2.61. The van der Waals surface area contributed by atoms with E-state index in [0.29, 0.717) is 28.1 Å². The van der Waals surface area contributed by atoms with E-state index in [-0.39, 0.29) is 5.56 Å². The van der Waals surface area contributed by atoms with Gasteiger partial charge in [-0.2, -0.15) is 0 Å². The maximum Gasteiger partial charge on any atom is 0.338 e. The molecule has 0 atom stereocenters. The minimum Gasteiger partial charge on any atom is -0.478 e. The lowest BCUT2D eigenvalue weighted by molar-refractivity contribution is 0.0692. The molecular formula is C20H10FNO3. The van der Waals surface area contributed by atoms with Gasteiger partial charge in [0, 0.05) is 10.9 Å². The summed E-state index contributed by atoms with van der Waals surface area (Å²) in [5, 5.41) is 11.3. The molecule has 25 heavy (non-hydrogen) atoms. The molecule has 3 aromatic carbocycles. The van der Waals surface area contributed by atoms with E-state index in [1.807, 2.05) is 42.5 Å². The third-order valence-electron chi connectivity index (χ3n) is 4.46. The van der Waals surface area contributed by atoms with Crippen LogP contribution in [0.2, 0.25) is 0 Å². The molecule has 5 heteroatoms. The van der Waals surface area contributed by atoms with Crippen LogP contribution in [-0.2, 0) is 0 Å². The second-order valence-corrected chi connectivity index (χ2v) is 5.89. The van der Waals surface area contributed by atoms with Gasteiger partial charge >= 0.3 is 5.97 Å². The fourth-order valence-corrected chi connectivity index (χ4v) is 3.36. The molecule has 120 valence electrons. The van der Waals surface area contributed by atoms with Crippen LogP contribution in [0.1, 0.15) is 10.4 Å². The summed E-state index contributed by atoms with van der Waals surface area (Å²) in [4.78, 5) is 15.9. The monoisotopic (exact) mass is 331 g/mol. The second-order valence-electron chi connectivity index (χ2n) is 5.89. The number of rotatable bonds is 1. The standard InChI is InChI=1S/C20H10FNO3/c21-14-8-12-10-5-3-7-17-18(10)19(11-4-1-2-6-16(11)25-17)22-15(12)9-13(14)20(23)24/h1-9H,(H,23,24). The Kier molecular flexibility index (Phi) is 2.65. The number of hydrogen-bond donors (Lipinski definition) is 1. The molecule has 0 saturated carbocycles. The number of pyridine rings is 1. The van der Waals surface area contributed by atoms with Gasteiger partial charge in [-0.05, 0) is 35.7 Å². The third-order valence-corrected chi connectivity index (χ3v) is 4.46. The lowest BCUT2D eigenvalue weighted by Crippen LogP contribution is -2.03. The molecule has 4 nitrogen and oxygen atoms in total. The molecule has 0 radical (unpaired) electrons. The Morgan fingerprint density at radius 2 is 1.80 bits per heavy atom. The van der Waals surface area contributed by atoms with Crippen molar-refractivity contribution in [1.29, 1.82) is 0 Å². The molecule has 4 aromatic rings. The van der Waals surface area contributed by atoms with Gasteiger partial charge in [-0.15, -0.1) is 0 Å². The summed E-state index contributed by atoms with van der Waals surface area (Å²) in [5.74, 6) is -0.745. The highest BCUT2D eigenvalue weighted by Gasteiger charge is 2.23. The molecule has 2 heterocycles. The topological polar surface area (TPSA) is 59.4 Å². The first-order valence-electron chi connectivity index (χ1n) is 7.70. The first kappa shape index (κ1) is 13.9. The van der Waals surface area contributed by atoms with Crippen LogP contribution < -0.4 is 4.74 Å². The van der Waals surface area contributed by atoms with Crippen molar-refractivity contribution in [2.45, 2.75) is 0 Å². The lowest BCUT2D eigenvalue weighted by Gasteiger charge is -2.21. The number of carboxylic acids is 1. The van der Waals surface area contributed by atoms with E-state index in [4.69, 9.17) is 4.74 Å². The number of aromatic nitrogens is 1. The number of hydrogen-bond acceptors (Lipinski definition) is 3. The van der Waals surface area contributed by atoms with E-state index >= 15 is 0 Å². The number of ether oxygens (including phenoxy) is 1. The SMILES string of the molecule is O=C(O)c1cc2nc3c4c(cccc4c2cc1F)Oc1ccccc1-3. The summed E-state index contributed by atoms with van der Waals surface area (Å²) in [5.41, 5.74) is 1.59. The van der Waals surface area contributed by atoms with Crippen molar-refractivity contribution in [1.82, 2.24) is 4.98 Å². The number of halogens is 1. The Hall–Kier alpha value is -3.47. The maximum absolute atomic E-state index is 14.2. The Labute approximate surface area is 141 Å². The zero-order valence-corrected chi connectivity index (χ0v) is 12.8. The average molecular weight is 331 g/mol. The predicted molar refractivity (Wildman–Crippen MR) is 91.7 cm³/mol. The first-order chi connectivity index (χ1) is 12.1. The van der Waals surface area contributed by atoms with Crippen molar-refractivity contribution in [3.05, 3.63) is 66.0 Å². The summed E-state index contributed by atoms with van der Waals surface area (Å²) in [6.07, 6.45) is 0. The van der Waals surface area contributed by atoms with Gasteiger partial charge in [0.25, 0.3) is 0 Å². The Morgan fingerprint density at radius 1 is 1.00 bits per heavy atom. The zero-order chi connectivity index (χ0) is 17.1. The van der Waals surface area contributed by atoms with Crippen LogP contribution in [0, 0.1) is 5.82 Å². The van der Waals surface area contributed by atoms with Crippen molar-refractivity contribution in [2.24, 2.45) is 0 Å². The number of carboxylic acid groups (broad SMARTS) is 1.